The Labute approximate surface area is 95.9 Å². The largest absolute Gasteiger partial charge is 0.379 e. The number of ether oxygens (including phenoxy) is 1. The summed E-state index contributed by atoms with van der Waals surface area (Å²) in [6, 6.07) is 0.201. The second-order valence-corrected chi connectivity index (χ2v) is 11.0. The maximum absolute atomic E-state index is 6.05. The molecule has 3 heteroatoms. The highest BCUT2D eigenvalue weighted by Crippen LogP contribution is 2.16. The molecule has 0 aromatic carbocycles. The molecule has 0 spiro atoms. The summed E-state index contributed by atoms with van der Waals surface area (Å²) in [4.78, 5) is 0. The Balaban J connectivity index is 3.96. The first kappa shape index (κ1) is 14.9. The molecule has 0 aromatic heterocycles. The molecule has 0 bridgehead atoms. The molecule has 0 aromatic rings. The Bertz CT molecular complexity index is 206. The Morgan fingerprint density at radius 2 is 1.87 bits per heavy atom. The van der Waals surface area contributed by atoms with Crippen LogP contribution < -0.4 is 5.73 Å². The molecule has 0 rings (SSSR count). The maximum atomic E-state index is 6.05. The average Bonchev–Trinajstić information content (AvgIpc) is 2.00. The highest BCUT2D eigenvalue weighted by atomic mass is 28.3. The van der Waals surface area contributed by atoms with Gasteiger partial charge in [0, 0.05) is 13.2 Å². The third kappa shape index (κ3) is 8.84. The van der Waals surface area contributed by atoms with Gasteiger partial charge in [0.05, 0.1) is 13.7 Å². The molecule has 0 radical (unpaired) electrons. The Kier molecular flexibility index (Phi) is 5.78. The van der Waals surface area contributed by atoms with Gasteiger partial charge in [-0.1, -0.05) is 31.4 Å². The predicted octanol–water partition coefficient (Wildman–Crippen LogP) is 2.95. The second kappa shape index (κ2) is 5.82. The van der Waals surface area contributed by atoms with E-state index in [1.807, 2.05) is 0 Å². The minimum Gasteiger partial charge on any atom is -0.379 e. The van der Waals surface area contributed by atoms with E-state index in [0.717, 1.165) is 12.8 Å². The summed E-state index contributed by atoms with van der Waals surface area (Å²) in [5, 5.41) is 0. The van der Waals surface area contributed by atoms with Gasteiger partial charge in [0.2, 0.25) is 0 Å². The summed E-state index contributed by atoms with van der Waals surface area (Å²) in [7, 11) is 0.682. The lowest BCUT2D eigenvalue weighted by Gasteiger charge is -2.26. The van der Waals surface area contributed by atoms with Crippen LogP contribution in [0.25, 0.3) is 0 Å². The first-order valence-electron chi connectivity index (χ1n) is 5.65. The van der Waals surface area contributed by atoms with Gasteiger partial charge in [-0.25, -0.2) is 0 Å². The van der Waals surface area contributed by atoms with Crippen LogP contribution in [0.15, 0.2) is 11.8 Å². The van der Waals surface area contributed by atoms with Crippen molar-refractivity contribution in [2.24, 2.45) is 5.73 Å². The van der Waals surface area contributed by atoms with Crippen molar-refractivity contribution in [3.05, 3.63) is 11.8 Å². The minimum atomic E-state index is -1.06. The van der Waals surface area contributed by atoms with Gasteiger partial charge in [0.25, 0.3) is 0 Å². The van der Waals surface area contributed by atoms with Gasteiger partial charge in [0.15, 0.2) is 0 Å². The lowest BCUT2D eigenvalue weighted by atomic mass is 9.97. The molecule has 15 heavy (non-hydrogen) atoms. The third-order valence-electron chi connectivity index (χ3n) is 2.36. The van der Waals surface area contributed by atoms with Crippen molar-refractivity contribution < 1.29 is 4.74 Å². The van der Waals surface area contributed by atoms with Crippen LogP contribution in [0.2, 0.25) is 19.6 Å². The summed E-state index contributed by atoms with van der Waals surface area (Å²) in [6.07, 6.45) is 4.10. The van der Waals surface area contributed by atoms with E-state index in [1.165, 1.54) is 0 Å². The van der Waals surface area contributed by atoms with E-state index >= 15 is 0 Å². The maximum Gasteiger partial charge on any atom is 0.0682 e. The van der Waals surface area contributed by atoms with Crippen LogP contribution in [-0.4, -0.2) is 26.8 Å². The number of hydrogen-bond acceptors (Lipinski definition) is 2. The first-order chi connectivity index (χ1) is 6.66. The topological polar surface area (TPSA) is 35.2 Å². The fourth-order valence-corrected chi connectivity index (χ4v) is 2.24. The van der Waals surface area contributed by atoms with E-state index in [-0.39, 0.29) is 11.6 Å². The molecule has 0 heterocycles. The van der Waals surface area contributed by atoms with Crippen LogP contribution in [0.1, 0.15) is 26.7 Å². The quantitative estimate of drug-likeness (QED) is 0.711. The lowest BCUT2D eigenvalue weighted by Crippen LogP contribution is -2.33. The van der Waals surface area contributed by atoms with Crippen LogP contribution in [0.3, 0.4) is 0 Å². The first-order valence-corrected chi connectivity index (χ1v) is 9.22. The van der Waals surface area contributed by atoms with Gasteiger partial charge < -0.3 is 10.5 Å². The molecule has 0 saturated carbocycles. The number of methoxy groups -OCH3 is 1. The molecule has 0 amide bonds. The van der Waals surface area contributed by atoms with Gasteiger partial charge in [0.1, 0.15) is 0 Å². The van der Waals surface area contributed by atoms with E-state index in [1.54, 1.807) is 7.11 Å². The highest BCUT2D eigenvalue weighted by molar-refractivity contribution is 6.80. The molecular formula is C12H27NOSi. The van der Waals surface area contributed by atoms with Crippen LogP contribution >= 0.6 is 0 Å². The molecule has 1 atom stereocenters. The third-order valence-corrected chi connectivity index (χ3v) is 3.60. The van der Waals surface area contributed by atoms with E-state index in [9.17, 15) is 0 Å². The fraction of sp³-hybridized carbons (Fsp3) is 0.833. The van der Waals surface area contributed by atoms with E-state index in [0.29, 0.717) is 0 Å². The van der Waals surface area contributed by atoms with Crippen LogP contribution in [-0.2, 0) is 4.74 Å². The van der Waals surface area contributed by atoms with Crippen molar-refractivity contribution in [3.63, 3.8) is 0 Å². The molecule has 0 aliphatic heterocycles. The number of nitrogens with two attached hydrogens (primary N) is 1. The van der Waals surface area contributed by atoms with E-state index in [2.05, 4.69) is 45.3 Å². The van der Waals surface area contributed by atoms with E-state index < -0.39 is 8.07 Å². The zero-order chi connectivity index (χ0) is 12.1. The molecule has 0 fully saturated rings. The average molecular weight is 229 g/mol. The predicted molar refractivity (Wildman–Crippen MR) is 70.8 cm³/mol. The Hall–Kier alpha value is -0.123. The zero-order valence-corrected chi connectivity index (χ0v) is 12.1. The molecule has 2 N–H and O–H groups in total. The van der Waals surface area contributed by atoms with Crippen molar-refractivity contribution in [2.75, 3.05) is 7.11 Å². The number of rotatable bonds is 6. The molecule has 2 nitrogen and oxygen atoms in total. The SMILES string of the molecule is COC(C)(C)CC(N)C/C=C/[Si](C)(C)C. The fourth-order valence-electron chi connectivity index (χ4n) is 1.39. The summed E-state index contributed by atoms with van der Waals surface area (Å²) in [6.45, 7) is 11.1. The normalized spacial score (nSPS) is 15.9. The van der Waals surface area contributed by atoms with Crippen LogP contribution in [0.5, 0.6) is 0 Å². The molecular weight excluding hydrogens is 202 g/mol. The van der Waals surface area contributed by atoms with E-state index in [4.69, 9.17) is 10.5 Å². The van der Waals surface area contributed by atoms with Crippen molar-refractivity contribution >= 4 is 8.07 Å². The Morgan fingerprint density at radius 1 is 1.33 bits per heavy atom. The minimum absolute atomic E-state index is 0.105. The van der Waals surface area contributed by atoms with Crippen LogP contribution in [0, 0.1) is 0 Å². The van der Waals surface area contributed by atoms with Gasteiger partial charge >= 0.3 is 0 Å². The molecule has 0 saturated heterocycles. The molecule has 0 aliphatic carbocycles. The van der Waals surface area contributed by atoms with Crippen LogP contribution in [0.4, 0.5) is 0 Å². The van der Waals surface area contributed by atoms with Gasteiger partial charge in [-0.15, -0.1) is 0 Å². The van der Waals surface area contributed by atoms with Crippen molar-refractivity contribution in [1.29, 1.82) is 0 Å². The summed E-state index contributed by atoms with van der Waals surface area (Å²) in [5.74, 6) is 0. The van der Waals surface area contributed by atoms with Crippen molar-refractivity contribution in [3.8, 4) is 0 Å². The highest BCUT2D eigenvalue weighted by Gasteiger charge is 2.19. The molecule has 1 unspecified atom stereocenters. The number of hydrogen-bond donors (Lipinski definition) is 1. The zero-order valence-electron chi connectivity index (χ0n) is 11.1. The monoisotopic (exact) mass is 229 g/mol. The Morgan fingerprint density at radius 3 is 2.27 bits per heavy atom. The van der Waals surface area contributed by atoms with Crippen molar-refractivity contribution in [2.45, 2.75) is 58.0 Å². The molecule has 0 aliphatic rings. The standard InChI is InChI=1S/C12H27NOSi/c1-12(2,14-3)10-11(13)8-7-9-15(4,5)6/h7,9,11H,8,10,13H2,1-6H3/b9-7+. The summed E-state index contributed by atoms with van der Waals surface area (Å²) < 4.78 is 5.36. The van der Waals surface area contributed by atoms with Gasteiger partial charge in [-0.2, -0.15) is 0 Å². The second-order valence-electron chi connectivity index (χ2n) is 5.93. The summed E-state index contributed by atoms with van der Waals surface area (Å²) >= 11 is 0. The van der Waals surface area contributed by atoms with Gasteiger partial charge in [-0.05, 0) is 26.7 Å². The smallest absolute Gasteiger partial charge is 0.0682 e. The van der Waals surface area contributed by atoms with Crippen molar-refractivity contribution in [1.82, 2.24) is 0 Å². The molecule has 90 valence electrons. The summed E-state index contributed by atoms with van der Waals surface area (Å²) in [5.41, 5.74) is 8.30. The lowest BCUT2D eigenvalue weighted by molar-refractivity contribution is 0.0104. The van der Waals surface area contributed by atoms with Gasteiger partial charge in [-0.3, -0.25) is 0 Å².